The first-order valence-electron chi connectivity index (χ1n) is 6.64. The highest BCUT2D eigenvalue weighted by Crippen LogP contribution is 2.12. The van der Waals surface area contributed by atoms with Gasteiger partial charge < -0.3 is 0 Å². The number of pyridine rings is 1. The molecule has 0 N–H and O–H groups in total. The summed E-state index contributed by atoms with van der Waals surface area (Å²) in [7, 11) is 0. The molecule has 0 saturated heterocycles. The van der Waals surface area contributed by atoms with Gasteiger partial charge in [-0.2, -0.15) is 5.26 Å². The predicted octanol–water partition coefficient (Wildman–Crippen LogP) is 3.79. The Bertz CT molecular complexity index is 644. The quantitative estimate of drug-likeness (QED) is 0.601. The summed E-state index contributed by atoms with van der Waals surface area (Å²) in [5.74, 6) is 0. The van der Waals surface area contributed by atoms with E-state index in [4.69, 9.17) is 16.9 Å². The summed E-state index contributed by atoms with van der Waals surface area (Å²) in [5.41, 5.74) is 2.88. The van der Waals surface area contributed by atoms with Crippen molar-refractivity contribution in [3.05, 3.63) is 77.1 Å². The molecule has 21 heavy (non-hydrogen) atoms. The molecule has 1 aromatic heterocycles. The zero-order valence-electron chi connectivity index (χ0n) is 11.7. The smallest absolute Gasteiger partial charge is 0.129 e. The van der Waals surface area contributed by atoms with Gasteiger partial charge in [0.25, 0.3) is 0 Å². The zero-order valence-corrected chi connectivity index (χ0v) is 12.4. The highest BCUT2D eigenvalue weighted by molar-refractivity contribution is 6.29. The summed E-state index contributed by atoms with van der Waals surface area (Å²) in [5, 5.41) is 9.46. The summed E-state index contributed by atoms with van der Waals surface area (Å²) in [6.07, 6.45) is 3.65. The van der Waals surface area contributed by atoms with E-state index in [9.17, 15) is 0 Å². The predicted molar refractivity (Wildman–Crippen MR) is 84.7 cm³/mol. The minimum atomic E-state index is 0.496. The monoisotopic (exact) mass is 297 g/mol. The third-order valence-corrected chi connectivity index (χ3v) is 3.27. The van der Waals surface area contributed by atoms with Gasteiger partial charge in [0.05, 0.1) is 11.6 Å². The zero-order chi connectivity index (χ0) is 15.1. The molecule has 0 unspecified atom stereocenters. The molecule has 4 heteroatoms. The lowest BCUT2D eigenvalue weighted by Crippen LogP contribution is -2.23. The van der Waals surface area contributed by atoms with Crippen molar-refractivity contribution in [2.75, 3.05) is 6.54 Å². The van der Waals surface area contributed by atoms with Gasteiger partial charge in [-0.1, -0.05) is 35.9 Å². The molecule has 0 radical (unpaired) electrons. The van der Waals surface area contributed by atoms with Crippen LogP contribution < -0.4 is 0 Å². The van der Waals surface area contributed by atoms with E-state index in [0.717, 1.165) is 30.8 Å². The third-order valence-electron chi connectivity index (χ3n) is 3.04. The van der Waals surface area contributed by atoms with Crippen LogP contribution in [0.4, 0.5) is 0 Å². The maximum Gasteiger partial charge on any atom is 0.129 e. The second-order valence-corrected chi connectivity index (χ2v) is 5.15. The van der Waals surface area contributed by atoms with Crippen molar-refractivity contribution in [2.24, 2.45) is 0 Å². The highest BCUT2D eigenvalue weighted by atomic mass is 35.5. The minimum absolute atomic E-state index is 0.496. The number of hydrogen-bond donors (Lipinski definition) is 0. The molecule has 1 aromatic carbocycles. The summed E-state index contributed by atoms with van der Waals surface area (Å²) in [6.45, 7) is 6.08. The van der Waals surface area contributed by atoms with Crippen LogP contribution in [0.15, 0.2) is 55.3 Å². The summed E-state index contributed by atoms with van der Waals surface area (Å²) in [4.78, 5) is 6.33. The van der Waals surface area contributed by atoms with Crippen molar-refractivity contribution in [1.82, 2.24) is 9.88 Å². The van der Waals surface area contributed by atoms with Crippen LogP contribution in [0.5, 0.6) is 0 Å². The minimum Gasteiger partial charge on any atom is -0.291 e. The number of nitriles is 1. The second kappa shape index (κ2) is 7.58. The van der Waals surface area contributed by atoms with E-state index in [-0.39, 0.29) is 0 Å². The molecule has 0 bridgehead atoms. The van der Waals surface area contributed by atoms with Crippen LogP contribution in [-0.4, -0.2) is 16.4 Å². The Balaban J connectivity index is 2.09. The maximum absolute atomic E-state index is 8.96. The Kier molecular flexibility index (Phi) is 5.51. The lowest BCUT2D eigenvalue weighted by molar-refractivity contribution is 0.286. The Morgan fingerprint density at radius 2 is 2.05 bits per heavy atom. The Hall–Kier alpha value is -2.15. The van der Waals surface area contributed by atoms with Gasteiger partial charge >= 0.3 is 0 Å². The van der Waals surface area contributed by atoms with Gasteiger partial charge in [-0.25, -0.2) is 4.98 Å². The number of aromatic nitrogens is 1. The van der Waals surface area contributed by atoms with Gasteiger partial charge in [0.15, 0.2) is 0 Å². The van der Waals surface area contributed by atoms with Crippen molar-refractivity contribution in [3.8, 4) is 6.07 Å². The number of nitrogens with zero attached hydrogens (tertiary/aromatic N) is 3. The van der Waals surface area contributed by atoms with Gasteiger partial charge in [-0.15, -0.1) is 6.58 Å². The lowest BCUT2D eigenvalue weighted by atomic mass is 10.1. The highest BCUT2D eigenvalue weighted by Gasteiger charge is 2.07. The first kappa shape index (κ1) is 15.2. The molecule has 2 aromatic rings. The average Bonchev–Trinajstić information content (AvgIpc) is 2.50. The Labute approximate surface area is 130 Å². The summed E-state index contributed by atoms with van der Waals surface area (Å²) < 4.78 is 0. The first-order valence-corrected chi connectivity index (χ1v) is 7.02. The van der Waals surface area contributed by atoms with Gasteiger partial charge in [0, 0.05) is 25.8 Å². The molecule has 0 atom stereocenters. The van der Waals surface area contributed by atoms with Gasteiger partial charge in [-0.3, -0.25) is 4.90 Å². The van der Waals surface area contributed by atoms with Crippen LogP contribution in [0.1, 0.15) is 16.7 Å². The third kappa shape index (κ3) is 4.71. The van der Waals surface area contributed by atoms with Crippen LogP contribution in [0, 0.1) is 11.3 Å². The van der Waals surface area contributed by atoms with E-state index in [1.54, 1.807) is 12.3 Å². The van der Waals surface area contributed by atoms with Crippen molar-refractivity contribution in [3.63, 3.8) is 0 Å². The second-order valence-electron chi connectivity index (χ2n) is 4.76. The molecule has 0 spiro atoms. The van der Waals surface area contributed by atoms with Crippen LogP contribution in [-0.2, 0) is 13.1 Å². The molecular weight excluding hydrogens is 282 g/mol. The fourth-order valence-corrected chi connectivity index (χ4v) is 2.23. The number of benzene rings is 1. The largest absolute Gasteiger partial charge is 0.291 e. The van der Waals surface area contributed by atoms with E-state index in [0.29, 0.717) is 10.7 Å². The molecule has 0 aliphatic heterocycles. The van der Waals surface area contributed by atoms with E-state index in [2.05, 4.69) is 22.5 Å². The van der Waals surface area contributed by atoms with Crippen molar-refractivity contribution in [1.29, 1.82) is 5.26 Å². The van der Waals surface area contributed by atoms with Gasteiger partial charge in [-0.05, 0) is 29.3 Å². The van der Waals surface area contributed by atoms with Gasteiger partial charge in [0.2, 0.25) is 0 Å². The molecule has 0 aliphatic rings. The molecule has 0 fully saturated rings. The molecule has 3 nitrogen and oxygen atoms in total. The summed E-state index contributed by atoms with van der Waals surface area (Å²) >= 11 is 5.80. The molecule has 1 heterocycles. The normalized spacial score (nSPS) is 10.3. The van der Waals surface area contributed by atoms with E-state index >= 15 is 0 Å². The van der Waals surface area contributed by atoms with Crippen molar-refractivity contribution < 1.29 is 0 Å². The first-order chi connectivity index (χ1) is 10.2. The van der Waals surface area contributed by atoms with Crippen LogP contribution >= 0.6 is 11.6 Å². The topological polar surface area (TPSA) is 39.9 Å². The lowest BCUT2D eigenvalue weighted by Gasteiger charge is -2.20. The molecule has 0 amide bonds. The molecular formula is C17H16ClN3. The number of rotatable bonds is 6. The summed E-state index contributed by atoms with van der Waals surface area (Å²) in [6, 6.07) is 13.6. The Morgan fingerprint density at radius 3 is 2.71 bits per heavy atom. The van der Waals surface area contributed by atoms with Crippen molar-refractivity contribution >= 4 is 11.6 Å². The molecule has 0 saturated carbocycles. The number of hydrogen-bond acceptors (Lipinski definition) is 3. The van der Waals surface area contributed by atoms with Gasteiger partial charge in [0.1, 0.15) is 5.15 Å². The molecule has 106 valence electrons. The standard InChI is InChI=1S/C17H16ClN3/c1-2-8-21(13-16-6-7-17(18)20-11-16)12-15-5-3-4-14(9-15)10-19/h2-7,9,11H,1,8,12-13H2. The molecule has 2 rings (SSSR count). The van der Waals surface area contributed by atoms with Crippen LogP contribution in [0.3, 0.4) is 0 Å². The van der Waals surface area contributed by atoms with Crippen LogP contribution in [0.2, 0.25) is 5.15 Å². The van der Waals surface area contributed by atoms with E-state index < -0.39 is 0 Å². The SMILES string of the molecule is C=CCN(Cc1ccc(Cl)nc1)Cc1cccc(C#N)c1. The van der Waals surface area contributed by atoms with E-state index in [1.807, 2.05) is 36.4 Å². The Morgan fingerprint density at radius 1 is 1.24 bits per heavy atom. The fourth-order valence-electron chi connectivity index (χ4n) is 2.12. The van der Waals surface area contributed by atoms with E-state index in [1.165, 1.54) is 0 Å². The average molecular weight is 298 g/mol. The maximum atomic E-state index is 8.96. The van der Waals surface area contributed by atoms with Crippen molar-refractivity contribution in [2.45, 2.75) is 13.1 Å². The number of halogens is 1. The molecule has 0 aliphatic carbocycles. The fraction of sp³-hybridized carbons (Fsp3) is 0.176. The van der Waals surface area contributed by atoms with Crippen LogP contribution in [0.25, 0.3) is 0 Å².